The summed E-state index contributed by atoms with van der Waals surface area (Å²) >= 11 is 1.55. The lowest BCUT2D eigenvalue weighted by atomic mass is 10.3. The lowest BCUT2D eigenvalue weighted by Crippen LogP contribution is -2.34. The van der Waals surface area contributed by atoms with E-state index < -0.39 is 0 Å². The maximum Gasteiger partial charge on any atom is 0.315 e. The fourth-order valence-electron chi connectivity index (χ4n) is 1.80. The minimum atomic E-state index is -0.235. The van der Waals surface area contributed by atoms with Gasteiger partial charge in [-0.2, -0.15) is 0 Å². The van der Waals surface area contributed by atoms with Crippen LogP contribution < -0.4 is 20.4 Å². The van der Waals surface area contributed by atoms with Crippen molar-refractivity contribution in [3.8, 4) is 0 Å². The Morgan fingerprint density at radius 2 is 1.74 bits per heavy atom. The van der Waals surface area contributed by atoms with E-state index in [1.807, 2.05) is 61.6 Å². The number of hydrogen-bond acceptors (Lipinski definition) is 6. The summed E-state index contributed by atoms with van der Waals surface area (Å²) in [5.74, 6) is 0.864. The minimum Gasteiger partial charge on any atom is -0.363 e. The topological polar surface area (TPSA) is 73.4 Å². The number of nitrogens with zero attached hydrogens (tertiary/aromatic N) is 4. The number of thiazole rings is 1. The van der Waals surface area contributed by atoms with Gasteiger partial charge in [-0.3, -0.25) is 0 Å². The Hall–Kier alpha value is -2.35. The zero-order valence-corrected chi connectivity index (χ0v) is 14.6. The van der Waals surface area contributed by atoms with Crippen LogP contribution in [0.4, 0.5) is 15.7 Å². The van der Waals surface area contributed by atoms with Gasteiger partial charge < -0.3 is 20.4 Å². The summed E-state index contributed by atoms with van der Waals surface area (Å²) in [6, 6.07) is 5.50. The van der Waals surface area contributed by atoms with Crippen molar-refractivity contribution in [2.45, 2.75) is 13.1 Å². The molecule has 2 N–H and O–H groups in total. The van der Waals surface area contributed by atoms with Gasteiger partial charge in [0.1, 0.15) is 5.82 Å². The van der Waals surface area contributed by atoms with Crippen LogP contribution in [-0.2, 0) is 13.1 Å². The van der Waals surface area contributed by atoms with Gasteiger partial charge in [0.2, 0.25) is 0 Å². The number of aromatic nitrogens is 2. The summed E-state index contributed by atoms with van der Waals surface area (Å²) in [5.41, 5.74) is 1.66. The molecule has 0 aliphatic rings. The van der Waals surface area contributed by atoms with E-state index >= 15 is 0 Å². The second kappa shape index (κ2) is 7.77. The second-order valence-electron chi connectivity index (χ2n) is 5.43. The van der Waals surface area contributed by atoms with E-state index in [-0.39, 0.29) is 6.03 Å². The molecule has 0 aliphatic carbocycles. The number of carbonyl (C=O) groups excluding carboxylic acids is 1. The number of hydrogen-bond donors (Lipinski definition) is 2. The third-order valence-corrected chi connectivity index (χ3v) is 4.09. The van der Waals surface area contributed by atoms with Crippen molar-refractivity contribution in [3.63, 3.8) is 0 Å². The molecule has 23 heavy (non-hydrogen) atoms. The van der Waals surface area contributed by atoms with Crippen molar-refractivity contribution in [1.82, 2.24) is 20.6 Å². The number of rotatable bonds is 6. The molecule has 2 amide bonds. The summed E-state index contributed by atoms with van der Waals surface area (Å²) in [5, 5.41) is 8.46. The van der Waals surface area contributed by atoms with Crippen LogP contribution in [0.25, 0.3) is 0 Å². The molecule has 0 atom stereocenters. The first kappa shape index (κ1) is 17.0. The molecular weight excluding hydrogens is 312 g/mol. The van der Waals surface area contributed by atoms with Gasteiger partial charge in [-0.05, 0) is 12.1 Å². The van der Waals surface area contributed by atoms with Gasteiger partial charge in [-0.25, -0.2) is 14.8 Å². The predicted octanol–water partition coefficient (Wildman–Crippen LogP) is 1.67. The maximum atomic E-state index is 11.9. The lowest BCUT2D eigenvalue weighted by Gasteiger charge is -2.12. The molecule has 2 aromatic rings. The quantitative estimate of drug-likeness (QED) is 0.841. The molecule has 2 rings (SSSR count). The van der Waals surface area contributed by atoms with Gasteiger partial charge in [0.15, 0.2) is 5.13 Å². The molecule has 2 heterocycles. The van der Waals surface area contributed by atoms with Crippen LogP contribution in [0.1, 0.15) is 11.4 Å². The predicted molar refractivity (Wildman–Crippen MR) is 94.1 cm³/mol. The van der Waals surface area contributed by atoms with Gasteiger partial charge >= 0.3 is 6.03 Å². The van der Waals surface area contributed by atoms with Crippen molar-refractivity contribution in [3.05, 3.63) is 35.0 Å². The summed E-state index contributed by atoms with van der Waals surface area (Å²) in [6.07, 6.45) is 0. The van der Waals surface area contributed by atoms with E-state index in [0.29, 0.717) is 13.1 Å². The molecule has 0 aromatic carbocycles. The fourth-order valence-corrected chi connectivity index (χ4v) is 2.56. The maximum absolute atomic E-state index is 11.9. The number of carbonyl (C=O) groups is 1. The van der Waals surface area contributed by atoms with Gasteiger partial charge in [-0.15, -0.1) is 11.3 Å². The Labute approximate surface area is 140 Å². The zero-order valence-electron chi connectivity index (χ0n) is 13.8. The van der Waals surface area contributed by atoms with Crippen LogP contribution in [-0.4, -0.2) is 44.2 Å². The second-order valence-corrected chi connectivity index (χ2v) is 6.27. The molecule has 0 saturated carbocycles. The number of anilines is 2. The van der Waals surface area contributed by atoms with Crippen molar-refractivity contribution in [2.24, 2.45) is 0 Å². The van der Waals surface area contributed by atoms with E-state index in [1.54, 1.807) is 11.3 Å². The van der Waals surface area contributed by atoms with E-state index in [9.17, 15) is 4.79 Å². The van der Waals surface area contributed by atoms with Crippen molar-refractivity contribution in [1.29, 1.82) is 0 Å². The zero-order chi connectivity index (χ0) is 16.8. The number of urea groups is 1. The molecule has 0 unspecified atom stereocenters. The first-order valence-electron chi connectivity index (χ1n) is 7.22. The van der Waals surface area contributed by atoms with E-state index in [4.69, 9.17) is 0 Å². The molecule has 7 nitrogen and oxygen atoms in total. The highest BCUT2D eigenvalue weighted by atomic mass is 32.1. The van der Waals surface area contributed by atoms with Gasteiger partial charge in [-0.1, -0.05) is 6.07 Å². The smallest absolute Gasteiger partial charge is 0.315 e. The molecular formula is C15H22N6OS. The van der Waals surface area contributed by atoms with Crippen molar-refractivity contribution in [2.75, 3.05) is 38.0 Å². The van der Waals surface area contributed by atoms with Crippen molar-refractivity contribution < 1.29 is 4.79 Å². The Bertz CT molecular complexity index is 655. The highest BCUT2D eigenvalue weighted by Gasteiger charge is 2.06. The molecule has 0 saturated heterocycles. The lowest BCUT2D eigenvalue weighted by molar-refractivity contribution is 0.240. The molecule has 0 aliphatic heterocycles. The van der Waals surface area contributed by atoms with Crippen molar-refractivity contribution >= 4 is 28.3 Å². The number of amides is 2. The molecule has 124 valence electrons. The average molecular weight is 334 g/mol. The van der Waals surface area contributed by atoms with E-state index in [1.165, 1.54) is 0 Å². The summed E-state index contributed by atoms with van der Waals surface area (Å²) in [6.45, 7) is 0.787. The summed E-state index contributed by atoms with van der Waals surface area (Å²) in [4.78, 5) is 24.6. The normalized spacial score (nSPS) is 10.3. The van der Waals surface area contributed by atoms with Crippen LogP contribution in [0.15, 0.2) is 23.6 Å². The number of nitrogens with one attached hydrogen (secondary N) is 2. The Kier molecular flexibility index (Phi) is 5.75. The SMILES string of the molecule is CN(C)c1cccc(CNC(=O)NCc2csc(N(C)C)n2)n1. The molecule has 8 heteroatoms. The van der Waals surface area contributed by atoms with Crippen LogP contribution in [0.5, 0.6) is 0 Å². The van der Waals surface area contributed by atoms with Gasteiger partial charge in [0.25, 0.3) is 0 Å². The molecule has 0 spiro atoms. The summed E-state index contributed by atoms with van der Waals surface area (Å²) in [7, 11) is 7.75. The van der Waals surface area contributed by atoms with Crippen LogP contribution >= 0.6 is 11.3 Å². The first-order valence-corrected chi connectivity index (χ1v) is 8.10. The third kappa shape index (κ3) is 5.10. The van der Waals surface area contributed by atoms with Crippen LogP contribution in [0, 0.1) is 0 Å². The Morgan fingerprint density at radius 1 is 1.04 bits per heavy atom. The first-order chi connectivity index (χ1) is 11.0. The average Bonchev–Trinajstić information content (AvgIpc) is 3.00. The largest absolute Gasteiger partial charge is 0.363 e. The molecule has 2 aromatic heterocycles. The fraction of sp³-hybridized carbons (Fsp3) is 0.400. The highest BCUT2D eigenvalue weighted by Crippen LogP contribution is 2.17. The van der Waals surface area contributed by atoms with Crippen LogP contribution in [0.3, 0.4) is 0 Å². The summed E-state index contributed by atoms with van der Waals surface area (Å²) < 4.78 is 0. The minimum absolute atomic E-state index is 0.235. The standard InChI is InChI=1S/C15H22N6OS/c1-20(2)13-7-5-6-11(18-13)8-16-14(22)17-9-12-10-23-15(19-12)21(3)4/h5-7,10H,8-9H2,1-4H3,(H2,16,17,22). The molecule has 0 radical (unpaired) electrons. The molecule has 0 fully saturated rings. The Morgan fingerprint density at radius 3 is 2.35 bits per heavy atom. The van der Waals surface area contributed by atoms with E-state index in [0.717, 1.165) is 22.3 Å². The highest BCUT2D eigenvalue weighted by molar-refractivity contribution is 7.13. The van der Waals surface area contributed by atoms with E-state index in [2.05, 4.69) is 20.6 Å². The monoisotopic (exact) mass is 334 g/mol. The molecule has 0 bridgehead atoms. The number of pyridine rings is 1. The van der Waals surface area contributed by atoms with Crippen LogP contribution in [0.2, 0.25) is 0 Å². The Balaban J connectivity index is 1.79. The third-order valence-electron chi connectivity index (χ3n) is 3.03. The van der Waals surface area contributed by atoms with Gasteiger partial charge in [0, 0.05) is 33.6 Å². The van der Waals surface area contributed by atoms with Gasteiger partial charge in [0.05, 0.1) is 24.5 Å².